The zero-order chi connectivity index (χ0) is 30.3. The number of aromatic amines is 2. The van der Waals surface area contributed by atoms with Gasteiger partial charge in [0.25, 0.3) is 0 Å². The lowest BCUT2D eigenvalue weighted by Gasteiger charge is -2.26. The monoisotopic (exact) mass is 610 g/mol. The van der Waals surface area contributed by atoms with Crippen LogP contribution in [0.1, 0.15) is 30.4 Å². The number of halogens is 1. The summed E-state index contributed by atoms with van der Waals surface area (Å²) in [7, 11) is -3.44. The Labute approximate surface area is 253 Å². The first kappa shape index (κ1) is 28.3. The van der Waals surface area contributed by atoms with Crippen LogP contribution < -0.4 is 4.72 Å². The number of sulfonamides is 1. The molecule has 44 heavy (non-hydrogen) atoms. The van der Waals surface area contributed by atoms with Gasteiger partial charge in [0, 0.05) is 48.2 Å². The number of H-pyrrole nitrogens is 2. The first-order valence-electron chi connectivity index (χ1n) is 14.5. The van der Waals surface area contributed by atoms with Gasteiger partial charge in [-0.15, -0.1) is 0 Å². The number of rotatable bonds is 8. The molecule has 10 nitrogen and oxygen atoms in total. The van der Waals surface area contributed by atoms with Crippen LogP contribution in [0.5, 0.6) is 0 Å². The van der Waals surface area contributed by atoms with Crippen molar-refractivity contribution in [2.45, 2.75) is 32.4 Å². The Balaban J connectivity index is 1.23. The van der Waals surface area contributed by atoms with Crippen LogP contribution in [-0.4, -0.2) is 62.8 Å². The molecule has 12 heteroatoms. The van der Waals surface area contributed by atoms with Gasteiger partial charge in [-0.05, 0) is 85.1 Å². The molecule has 0 radical (unpaired) electrons. The average molecular weight is 611 g/mol. The molecule has 0 aliphatic carbocycles. The van der Waals surface area contributed by atoms with Gasteiger partial charge in [0.15, 0.2) is 5.82 Å². The van der Waals surface area contributed by atoms with Crippen LogP contribution in [0.3, 0.4) is 0 Å². The maximum atomic E-state index is 14.6. The third-order valence-corrected chi connectivity index (χ3v) is 8.61. The number of nitrogens with one attached hydrogen (secondary N) is 3. The molecule has 3 N–H and O–H groups in total. The second-order valence-corrected chi connectivity index (χ2v) is 13.2. The first-order chi connectivity index (χ1) is 21.3. The second-order valence-electron chi connectivity index (χ2n) is 11.3. The molecule has 1 aliphatic rings. The van der Waals surface area contributed by atoms with Gasteiger partial charge in [-0.2, -0.15) is 5.10 Å². The minimum atomic E-state index is -3.44. The SMILES string of the molecule is CS(=O)(=O)NCc1cc(F)cc(-c2nccc3[nH]c(-c4n[nH]c5ccc(-c6cncc(CN7CCCCC7)c6)cc45)nc23)c1. The molecule has 0 spiro atoms. The van der Waals surface area contributed by atoms with E-state index in [9.17, 15) is 12.8 Å². The third kappa shape index (κ3) is 5.96. The van der Waals surface area contributed by atoms with Crippen LogP contribution in [0.2, 0.25) is 0 Å². The van der Waals surface area contributed by atoms with E-state index < -0.39 is 15.8 Å². The molecule has 1 aliphatic heterocycles. The normalized spacial score (nSPS) is 14.5. The number of hydrogen-bond acceptors (Lipinski definition) is 7. The molecular formula is C32H31FN8O2S. The Morgan fingerprint density at radius 2 is 1.75 bits per heavy atom. The van der Waals surface area contributed by atoms with Gasteiger partial charge in [0.2, 0.25) is 10.0 Å². The number of aromatic nitrogens is 6. The molecule has 6 aromatic rings. The average Bonchev–Trinajstić information content (AvgIpc) is 3.64. The first-order valence-corrected chi connectivity index (χ1v) is 16.4. The number of imidazole rings is 1. The van der Waals surface area contributed by atoms with Crippen LogP contribution in [-0.2, 0) is 23.1 Å². The lowest BCUT2D eigenvalue weighted by atomic mass is 10.0. The summed E-state index contributed by atoms with van der Waals surface area (Å²) < 4.78 is 40.2. The Morgan fingerprint density at radius 3 is 2.59 bits per heavy atom. The van der Waals surface area contributed by atoms with Crippen LogP contribution in [0.15, 0.2) is 67.1 Å². The number of piperidine rings is 1. The molecule has 0 atom stereocenters. The fourth-order valence-electron chi connectivity index (χ4n) is 5.84. The van der Waals surface area contributed by atoms with Crippen molar-refractivity contribution >= 4 is 32.0 Å². The molecule has 0 amide bonds. The highest BCUT2D eigenvalue weighted by Gasteiger charge is 2.18. The number of fused-ring (bicyclic) bond motifs is 2. The minimum Gasteiger partial charge on any atom is -0.336 e. The van der Waals surface area contributed by atoms with Crippen molar-refractivity contribution in [3.8, 4) is 33.9 Å². The highest BCUT2D eigenvalue weighted by molar-refractivity contribution is 7.88. The fourth-order valence-corrected chi connectivity index (χ4v) is 6.27. The summed E-state index contributed by atoms with van der Waals surface area (Å²) in [6.07, 6.45) is 10.3. The third-order valence-electron chi connectivity index (χ3n) is 7.94. The Hall–Kier alpha value is -4.52. The largest absolute Gasteiger partial charge is 0.336 e. The van der Waals surface area contributed by atoms with Crippen LogP contribution in [0.25, 0.3) is 55.8 Å². The predicted octanol–water partition coefficient (Wildman–Crippen LogP) is 5.40. The van der Waals surface area contributed by atoms with E-state index in [1.807, 2.05) is 18.5 Å². The van der Waals surface area contributed by atoms with E-state index >= 15 is 0 Å². The number of nitrogens with zero attached hydrogens (tertiary/aromatic N) is 5. The minimum absolute atomic E-state index is 0.0380. The molecule has 224 valence electrons. The van der Waals surface area contributed by atoms with Crippen molar-refractivity contribution in [1.29, 1.82) is 0 Å². The lowest BCUT2D eigenvalue weighted by Crippen LogP contribution is -2.29. The van der Waals surface area contributed by atoms with E-state index in [1.165, 1.54) is 37.0 Å². The smallest absolute Gasteiger partial charge is 0.209 e. The summed E-state index contributed by atoms with van der Waals surface area (Å²) >= 11 is 0. The number of benzene rings is 2. The molecule has 4 aromatic heterocycles. The van der Waals surface area contributed by atoms with Gasteiger partial charge < -0.3 is 4.98 Å². The molecule has 5 heterocycles. The number of pyridine rings is 2. The van der Waals surface area contributed by atoms with Crippen LogP contribution >= 0.6 is 0 Å². The van der Waals surface area contributed by atoms with Gasteiger partial charge in [0.05, 0.1) is 23.0 Å². The van der Waals surface area contributed by atoms with E-state index in [-0.39, 0.29) is 6.54 Å². The van der Waals surface area contributed by atoms with E-state index in [0.717, 1.165) is 47.9 Å². The summed E-state index contributed by atoms with van der Waals surface area (Å²) in [5.41, 5.74) is 7.49. The molecule has 1 fully saturated rings. The van der Waals surface area contributed by atoms with Gasteiger partial charge in [-0.1, -0.05) is 12.5 Å². The molecule has 2 aromatic carbocycles. The van der Waals surface area contributed by atoms with Gasteiger partial charge in [-0.25, -0.2) is 22.5 Å². The van der Waals surface area contributed by atoms with Crippen LogP contribution in [0, 0.1) is 5.82 Å². The molecule has 1 saturated heterocycles. The van der Waals surface area contributed by atoms with Gasteiger partial charge in [-0.3, -0.25) is 20.0 Å². The van der Waals surface area contributed by atoms with Crippen LogP contribution in [0.4, 0.5) is 4.39 Å². The molecule has 0 unspecified atom stereocenters. The topological polar surface area (TPSA) is 133 Å². The molecule has 0 bridgehead atoms. The standard InChI is InChI=1S/C32H31FN8O2S/c1-44(42,43)36-17-20-11-23(14-25(33)13-20)29-31-28(7-8-35-29)37-32(38-31)30-26-15-22(5-6-27(26)39-40-30)24-12-21(16-34-18-24)19-41-9-3-2-4-10-41/h5-8,11-16,18,36H,2-4,9-10,17,19H2,1H3,(H,37,38)(H,39,40). The summed E-state index contributed by atoms with van der Waals surface area (Å²) in [6.45, 7) is 3.12. The lowest BCUT2D eigenvalue weighted by molar-refractivity contribution is 0.220. The fraction of sp³-hybridized carbons (Fsp3) is 0.250. The van der Waals surface area contributed by atoms with E-state index in [2.05, 4.69) is 53.0 Å². The number of likely N-dealkylation sites (tertiary alicyclic amines) is 1. The van der Waals surface area contributed by atoms with Crippen molar-refractivity contribution in [1.82, 2.24) is 39.8 Å². The quantitative estimate of drug-likeness (QED) is 0.210. The predicted molar refractivity (Wildman–Crippen MR) is 168 cm³/mol. The van der Waals surface area contributed by atoms with Crippen molar-refractivity contribution in [2.75, 3.05) is 19.3 Å². The zero-order valence-corrected chi connectivity index (χ0v) is 25.0. The van der Waals surface area contributed by atoms with Crippen molar-refractivity contribution in [3.05, 3.63) is 84.1 Å². The summed E-state index contributed by atoms with van der Waals surface area (Å²) in [4.78, 5) is 19.7. The van der Waals surface area contributed by atoms with Gasteiger partial charge in [0.1, 0.15) is 17.0 Å². The maximum absolute atomic E-state index is 14.6. The second kappa shape index (κ2) is 11.5. The van der Waals surface area contributed by atoms with E-state index in [1.54, 1.807) is 18.3 Å². The number of hydrogen-bond donors (Lipinski definition) is 3. The van der Waals surface area contributed by atoms with E-state index in [4.69, 9.17) is 4.98 Å². The molecule has 0 saturated carbocycles. The maximum Gasteiger partial charge on any atom is 0.209 e. The van der Waals surface area contributed by atoms with Crippen molar-refractivity contribution < 1.29 is 12.8 Å². The highest BCUT2D eigenvalue weighted by Crippen LogP contribution is 2.33. The Kier molecular flexibility index (Phi) is 7.40. The van der Waals surface area contributed by atoms with Crippen molar-refractivity contribution in [2.24, 2.45) is 0 Å². The van der Waals surface area contributed by atoms with Crippen molar-refractivity contribution in [3.63, 3.8) is 0 Å². The van der Waals surface area contributed by atoms with Gasteiger partial charge >= 0.3 is 0 Å². The van der Waals surface area contributed by atoms with E-state index in [0.29, 0.717) is 39.4 Å². The summed E-state index contributed by atoms with van der Waals surface area (Å²) in [5.74, 6) is 0.0488. The highest BCUT2D eigenvalue weighted by atomic mass is 32.2. The zero-order valence-electron chi connectivity index (χ0n) is 24.1. The summed E-state index contributed by atoms with van der Waals surface area (Å²) in [6, 6.07) is 14.5. The summed E-state index contributed by atoms with van der Waals surface area (Å²) in [5, 5.41) is 8.59. The Morgan fingerprint density at radius 1 is 0.909 bits per heavy atom. The molecular weight excluding hydrogens is 579 g/mol. The Bertz CT molecular complexity index is 2100. The molecule has 7 rings (SSSR count).